The molecule has 56 heavy (non-hydrogen) atoms. The van der Waals surface area contributed by atoms with Gasteiger partial charge in [0.05, 0.1) is 16.6 Å². The summed E-state index contributed by atoms with van der Waals surface area (Å²) in [6.07, 6.45) is 0. The fourth-order valence-electron chi connectivity index (χ4n) is 10.7. The molecule has 3 heterocycles. The van der Waals surface area contributed by atoms with Gasteiger partial charge in [-0.3, -0.25) is 0 Å². The summed E-state index contributed by atoms with van der Waals surface area (Å²) in [5.41, 5.74) is 21.4. The maximum Gasteiger partial charge on any atom is 0.198 e. The lowest BCUT2D eigenvalue weighted by Gasteiger charge is -2.48. The van der Waals surface area contributed by atoms with Crippen molar-refractivity contribution in [2.45, 2.75) is 5.41 Å². The Labute approximate surface area is 325 Å². The fourth-order valence-corrected chi connectivity index (χ4v) is 10.7. The van der Waals surface area contributed by atoms with Gasteiger partial charge in [-0.05, 0) is 96.6 Å². The fraction of sp³-hybridized carbons (Fsp3) is 0.0189. The lowest BCUT2D eigenvalue weighted by atomic mass is 9.54. The summed E-state index contributed by atoms with van der Waals surface area (Å²) in [7, 11) is 0.835. The normalized spacial score (nSPS) is 14.0. The largest absolute Gasteiger partial charge is 0.354 e. The number of H-pyrrole nitrogens is 1. The minimum Gasteiger partial charge on any atom is -0.354 e. The second-order valence-corrected chi connectivity index (χ2v) is 15.7. The zero-order valence-corrected chi connectivity index (χ0v) is 30.6. The molecule has 0 radical (unpaired) electrons. The highest BCUT2D eigenvalue weighted by Crippen LogP contribution is 2.63. The SMILES string of the molecule is B1c2cccc3c2N(c2ccccc2C32c3ccccc3-c3ccccc32)c2cc(-c3ccccc3)cc(-c3cccc4c3[nH]c3cc5ccccc5cc34)c21. The molecule has 3 aliphatic rings. The second-order valence-electron chi connectivity index (χ2n) is 15.7. The van der Waals surface area contributed by atoms with Gasteiger partial charge in [-0.25, -0.2) is 0 Å². The van der Waals surface area contributed by atoms with E-state index >= 15 is 0 Å². The van der Waals surface area contributed by atoms with Crippen LogP contribution in [0.1, 0.15) is 22.3 Å². The molecule has 0 unspecified atom stereocenters. The van der Waals surface area contributed by atoms with Crippen LogP contribution in [0.4, 0.5) is 17.1 Å². The van der Waals surface area contributed by atoms with Crippen LogP contribution in [0, 0.1) is 0 Å². The number of fused-ring (bicyclic) bond motifs is 15. The molecule has 0 saturated heterocycles. The lowest BCUT2D eigenvalue weighted by molar-refractivity contribution is 0.754. The van der Waals surface area contributed by atoms with Gasteiger partial charge in [0.2, 0.25) is 0 Å². The number of hydrogen-bond acceptors (Lipinski definition) is 1. The van der Waals surface area contributed by atoms with E-state index in [1.54, 1.807) is 0 Å². The van der Waals surface area contributed by atoms with Crippen molar-refractivity contribution in [1.29, 1.82) is 0 Å². The first kappa shape index (κ1) is 30.3. The number of aromatic nitrogens is 1. The summed E-state index contributed by atoms with van der Waals surface area (Å²) in [4.78, 5) is 6.53. The maximum atomic E-state index is 3.92. The van der Waals surface area contributed by atoms with Crippen LogP contribution < -0.4 is 15.8 Å². The van der Waals surface area contributed by atoms with Crippen molar-refractivity contribution in [2.24, 2.45) is 0 Å². The van der Waals surface area contributed by atoms with Gasteiger partial charge in [0, 0.05) is 33.2 Å². The average molecular weight is 709 g/mol. The van der Waals surface area contributed by atoms with Gasteiger partial charge in [0.25, 0.3) is 0 Å². The van der Waals surface area contributed by atoms with Gasteiger partial charge in [-0.1, -0.05) is 163 Å². The number of nitrogens with zero attached hydrogens (tertiary/aromatic N) is 1. The first-order valence-electron chi connectivity index (χ1n) is 19.6. The molecule has 10 aromatic rings. The molecule has 0 fully saturated rings. The van der Waals surface area contributed by atoms with E-state index in [9.17, 15) is 0 Å². The summed E-state index contributed by atoms with van der Waals surface area (Å²) in [6, 6.07) is 70.4. The lowest BCUT2D eigenvalue weighted by Crippen LogP contribution is -2.47. The van der Waals surface area contributed by atoms with Crippen molar-refractivity contribution in [3.8, 4) is 33.4 Å². The van der Waals surface area contributed by atoms with Gasteiger partial charge in [-0.2, -0.15) is 0 Å². The average Bonchev–Trinajstić information content (AvgIpc) is 3.77. The van der Waals surface area contributed by atoms with Gasteiger partial charge < -0.3 is 9.88 Å². The first-order valence-corrected chi connectivity index (χ1v) is 19.6. The van der Waals surface area contributed by atoms with E-state index in [0.29, 0.717) is 0 Å². The Morgan fingerprint density at radius 3 is 1.88 bits per heavy atom. The van der Waals surface area contributed by atoms with Crippen LogP contribution in [0.3, 0.4) is 0 Å². The number of benzene rings is 9. The standard InChI is InChI=1S/C53H33BN2/c1-2-14-32(15-3-1)35-29-41(39-21-12-20-38-40-28-33-16-4-5-17-34(33)30-47(40)55-51(38)39)50-49(31-35)56-48-27-11-10-24-44(48)53(45-25-13-26-46(54-50)52(45)56)42-22-8-6-18-36(42)37-19-7-9-23-43(37)53/h1-31,54-55H. The number of aromatic amines is 1. The van der Waals surface area contributed by atoms with Crippen molar-refractivity contribution >= 4 is 67.8 Å². The number of anilines is 3. The Hall–Kier alpha value is -7.10. The van der Waals surface area contributed by atoms with Crippen molar-refractivity contribution in [2.75, 3.05) is 4.90 Å². The molecule has 1 N–H and O–H groups in total. The van der Waals surface area contributed by atoms with Gasteiger partial charge in [-0.15, -0.1) is 0 Å². The van der Waals surface area contributed by atoms with E-state index in [2.05, 4.69) is 198 Å². The number of rotatable bonds is 2. The predicted octanol–water partition coefficient (Wildman–Crippen LogP) is 11.7. The van der Waals surface area contributed by atoms with Crippen LogP contribution >= 0.6 is 0 Å². The van der Waals surface area contributed by atoms with E-state index in [-0.39, 0.29) is 0 Å². The second kappa shape index (κ2) is 11.0. The third-order valence-electron chi connectivity index (χ3n) is 13.0. The molecule has 9 aromatic carbocycles. The molecule has 1 aliphatic carbocycles. The highest BCUT2D eigenvalue weighted by atomic mass is 15.2. The molecule has 2 aliphatic heterocycles. The molecule has 1 spiro atoms. The topological polar surface area (TPSA) is 19.0 Å². The van der Waals surface area contributed by atoms with Gasteiger partial charge in [0.1, 0.15) is 0 Å². The highest BCUT2D eigenvalue weighted by Gasteiger charge is 2.52. The monoisotopic (exact) mass is 708 g/mol. The van der Waals surface area contributed by atoms with Crippen LogP contribution in [0.2, 0.25) is 0 Å². The van der Waals surface area contributed by atoms with E-state index in [1.807, 2.05) is 0 Å². The Balaban J connectivity index is 1.12. The maximum absolute atomic E-state index is 3.92. The van der Waals surface area contributed by atoms with Crippen molar-refractivity contribution < 1.29 is 0 Å². The molecule has 13 rings (SSSR count). The Bertz CT molecular complexity index is 3260. The van der Waals surface area contributed by atoms with Crippen LogP contribution in [0.15, 0.2) is 188 Å². The Morgan fingerprint density at radius 2 is 1.07 bits per heavy atom. The molecule has 258 valence electrons. The third-order valence-corrected chi connectivity index (χ3v) is 13.0. The van der Waals surface area contributed by atoms with E-state index in [4.69, 9.17) is 0 Å². The smallest absolute Gasteiger partial charge is 0.198 e. The van der Waals surface area contributed by atoms with Gasteiger partial charge >= 0.3 is 0 Å². The van der Waals surface area contributed by atoms with Gasteiger partial charge in [0.15, 0.2) is 7.28 Å². The molecule has 0 atom stereocenters. The molecule has 3 heteroatoms. The zero-order valence-electron chi connectivity index (χ0n) is 30.6. The van der Waals surface area contributed by atoms with Crippen molar-refractivity contribution in [3.05, 3.63) is 210 Å². The summed E-state index contributed by atoms with van der Waals surface area (Å²) in [5.74, 6) is 0. The molecular weight excluding hydrogens is 675 g/mol. The first-order chi connectivity index (χ1) is 27.8. The predicted molar refractivity (Wildman–Crippen MR) is 236 cm³/mol. The quantitative estimate of drug-likeness (QED) is 0.177. The van der Waals surface area contributed by atoms with Crippen molar-refractivity contribution in [1.82, 2.24) is 4.98 Å². The summed E-state index contributed by atoms with van der Waals surface area (Å²) in [6.45, 7) is 0. The minimum atomic E-state index is -0.428. The van der Waals surface area contributed by atoms with Crippen LogP contribution in [-0.2, 0) is 5.41 Å². The summed E-state index contributed by atoms with van der Waals surface area (Å²) < 4.78 is 0. The molecular formula is C53H33BN2. The summed E-state index contributed by atoms with van der Waals surface area (Å²) >= 11 is 0. The number of nitrogens with one attached hydrogen (secondary N) is 1. The van der Waals surface area contributed by atoms with Crippen LogP contribution in [0.25, 0.3) is 66.0 Å². The summed E-state index contributed by atoms with van der Waals surface area (Å²) in [5, 5.41) is 5.02. The van der Waals surface area contributed by atoms with Crippen LogP contribution in [0.5, 0.6) is 0 Å². The molecule has 1 aromatic heterocycles. The third kappa shape index (κ3) is 3.82. The number of para-hydroxylation sites is 3. The Kier molecular flexibility index (Phi) is 5.94. The van der Waals surface area contributed by atoms with Crippen LogP contribution in [-0.4, -0.2) is 12.3 Å². The minimum absolute atomic E-state index is 0.428. The van der Waals surface area contributed by atoms with E-state index in [0.717, 1.165) is 7.28 Å². The number of hydrogen-bond donors (Lipinski definition) is 1. The molecule has 0 saturated carbocycles. The zero-order chi connectivity index (χ0) is 36.5. The molecule has 0 amide bonds. The van der Waals surface area contributed by atoms with E-state index in [1.165, 1.54) is 116 Å². The van der Waals surface area contributed by atoms with E-state index < -0.39 is 5.41 Å². The molecule has 0 bridgehead atoms. The molecule has 2 nitrogen and oxygen atoms in total. The highest BCUT2D eigenvalue weighted by molar-refractivity contribution is 6.73. The Morgan fingerprint density at radius 1 is 0.429 bits per heavy atom. The van der Waals surface area contributed by atoms with Crippen molar-refractivity contribution in [3.63, 3.8) is 0 Å².